The number of pyridine rings is 2. The Morgan fingerprint density at radius 1 is 1.47 bits per heavy atom. The minimum atomic E-state index is -1.32. The number of carbonyl (C=O) groups is 1. The Labute approximate surface area is 172 Å². The van der Waals surface area contributed by atoms with Gasteiger partial charge in [-0.3, -0.25) is 4.79 Å². The molecule has 0 amide bonds. The van der Waals surface area contributed by atoms with Crippen molar-refractivity contribution < 1.29 is 19.1 Å². The fourth-order valence-corrected chi connectivity index (χ4v) is 3.79. The summed E-state index contributed by atoms with van der Waals surface area (Å²) in [5.74, 6) is -1.82. The lowest BCUT2D eigenvalue weighted by molar-refractivity contribution is 0.0695. The average molecular weight is 417 g/mol. The van der Waals surface area contributed by atoms with Crippen LogP contribution in [0.5, 0.6) is 0 Å². The zero-order valence-electron chi connectivity index (χ0n) is 16.9. The average Bonchev–Trinajstić information content (AvgIpc) is 3.57. The number of fused-ring (bicyclic) bond motifs is 1. The number of halogens is 1. The number of carboxylic acid groups (broad SMARTS) is 1. The summed E-state index contributed by atoms with van der Waals surface area (Å²) in [6.45, 7) is 3.28. The number of nitrogens with zero attached hydrogens (tertiary/aromatic N) is 4. The van der Waals surface area contributed by atoms with Gasteiger partial charge in [0.15, 0.2) is 11.6 Å². The largest absolute Gasteiger partial charge is 0.477 e. The van der Waals surface area contributed by atoms with Crippen LogP contribution in [0.15, 0.2) is 22.2 Å². The molecule has 2 aromatic rings. The van der Waals surface area contributed by atoms with Crippen LogP contribution in [-0.4, -0.2) is 59.1 Å². The number of hydrogen-bond donors (Lipinski definition) is 2. The van der Waals surface area contributed by atoms with E-state index >= 15 is 4.39 Å². The van der Waals surface area contributed by atoms with Crippen LogP contribution in [0.4, 0.5) is 10.2 Å². The van der Waals surface area contributed by atoms with E-state index in [-0.39, 0.29) is 28.9 Å². The third-order valence-corrected chi connectivity index (χ3v) is 5.51. The smallest absolute Gasteiger partial charge is 0.341 e. The van der Waals surface area contributed by atoms with Gasteiger partial charge in [0.1, 0.15) is 17.8 Å². The third-order valence-electron chi connectivity index (χ3n) is 5.51. The first-order valence-corrected chi connectivity index (χ1v) is 10.0. The lowest BCUT2D eigenvalue weighted by atomic mass is 10.0. The highest BCUT2D eigenvalue weighted by Gasteiger charge is 2.31. The molecule has 2 aromatic heterocycles. The molecule has 160 valence electrons. The van der Waals surface area contributed by atoms with Crippen molar-refractivity contribution in [2.45, 2.75) is 38.3 Å². The Bertz CT molecular complexity index is 1080. The van der Waals surface area contributed by atoms with Gasteiger partial charge in [0.05, 0.1) is 17.1 Å². The molecule has 1 aliphatic carbocycles. The van der Waals surface area contributed by atoms with Crippen molar-refractivity contribution in [1.29, 1.82) is 0 Å². The zero-order valence-corrected chi connectivity index (χ0v) is 16.9. The summed E-state index contributed by atoms with van der Waals surface area (Å²) in [5, 5.41) is 16.7. The Balaban J connectivity index is 1.77. The van der Waals surface area contributed by atoms with Crippen molar-refractivity contribution in [3.63, 3.8) is 0 Å². The minimum Gasteiger partial charge on any atom is -0.477 e. The van der Waals surface area contributed by atoms with E-state index in [1.807, 2.05) is 11.8 Å². The summed E-state index contributed by atoms with van der Waals surface area (Å²) in [6.07, 6.45) is 3.65. The first-order chi connectivity index (χ1) is 14.4. The molecule has 2 aliphatic rings. The van der Waals surface area contributed by atoms with Crippen LogP contribution in [0.25, 0.3) is 11.0 Å². The van der Waals surface area contributed by atoms with Gasteiger partial charge in [-0.1, -0.05) is 5.16 Å². The second-order valence-corrected chi connectivity index (χ2v) is 7.52. The molecule has 0 spiro atoms. The maximum atomic E-state index is 15.0. The molecule has 3 heterocycles. The van der Waals surface area contributed by atoms with Crippen molar-refractivity contribution in [2.24, 2.45) is 5.16 Å². The SMILES string of the molecule is CCON=C1CCN(c2nc3c(cc2F)c(=O)c(C(=O)O)cn3C2CC2)CC1NC. The normalized spacial score (nSPS) is 20.7. The number of piperidine rings is 1. The van der Waals surface area contributed by atoms with Crippen molar-refractivity contribution >= 4 is 28.5 Å². The Kier molecular flexibility index (Phi) is 5.42. The summed E-state index contributed by atoms with van der Waals surface area (Å²) in [6, 6.07) is 1.07. The van der Waals surface area contributed by atoms with Gasteiger partial charge < -0.3 is 24.7 Å². The number of anilines is 1. The molecule has 1 saturated heterocycles. The number of hydrogen-bond acceptors (Lipinski definition) is 7. The van der Waals surface area contributed by atoms with E-state index < -0.39 is 17.2 Å². The van der Waals surface area contributed by atoms with Crippen LogP contribution in [0.3, 0.4) is 0 Å². The number of rotatable bonds is 6. The van der Waals surface area contributed by atoms with Crippen LogP contribution in [0.1, 0.15) is 42.6 Å². The number of aromatic carboxylic acids is 1. The van der Waals surface area contributed by atoms with Gasteiger partial charge in [0.25, 0.3) is 0 Å². The summed E-state index contributed by atoms with van der Waals surface area (Å²) < 4.78 is 16.7. The van der Waals surface area contributed by atoms with E-state index in [0.717, 1.165) is 24.6 Å². The van der Waals surface area contributed by atoms with Crippen LogP contribution in [0, 0.1) is 5.82 Å². The fraction of sp³-hybridized carbons (Fsp3) is 0.500. The third kappa shape index (κ3) is 3.62. The Hall–Kier alpha value is -3.01. The number of oxime groups is 1. The van der Waals surface area contributed by atoms with E-state index in [0.29, 0.717) is 31.8 Å². The quantitative estimate of drug-likeness (QED) is 0.690. The lowest BCUT2D eigenvalue weighted by Gasteiger charge is -2.34. The maximum absolute atomic E-state index is 15.0. The molecule has 1 unspecified atom stereocenters. The highest BCUT2D eigenvalue weighted by molar-refractivity contribution is 5.93. The summed E-state index contributed by atoms with van der Waals surface area (Å²) >= 11 is 0. The highest BCUT2D eigenvalue weighted by atomic mass is 19.1. The van der Waals surface area contributed by atoms with Crippen LogP contribution in [0.2, 0.25) is 0 Å². The summed E-state index contributed by atoms with van der Waals surface area (Å²) in [4.78, 5) is 35.5. The first-order valence-electron chi connectivity index (χ1n) is 10.0. The molecule has 10 heteroatoms. The molecule has 0 aromatic carbocycles. The second kappa shape index (κ2) is 8.02. The van der Waals surface area contributed by atoms with Crippen molar-refractivity contribution in [2.75, 3.05) is 31.6 Å². The van der Waals surface area contributed by atoms with Crippen molar-refractivity contribution in [3.8, 4) is 0 Å². The topological polar surface area (TPSA) is 109 Å². The van der Waals surface area contributed by atoms with E-state index in [1.165, 1.54) is 6.20 Å². The highest BCUT2D eigenvalue weighted by Crippen LogP contribution is 2.37. The predicted octanol–water partition coefficient (Wildman–Crippen LogP) is 1.76. The Morgan fingerprint density at radius 2 is 2.23 bits per heavy atom. The standard InChI is InChI=1S/C20H24FN5O4/c1-3-30-24-15-6-7-25(10-16(15)22-2)19-14(21)8-12-17(27)13(20(28)29)9-26(11-4-5-11)18(12)23-19/h8-9,11,16,22H,3-7,10H2,1-2H3,(H,28,29). The number of likely N-dealkylation sites (N-methyl/N-ethyl adjacent to an activating group) is 1. The van der Waals surface area contributed by atoms with E-state index in [4.69, 9.17) is 4.84 Å². The Morgan fingerprint density at radius 3 is 2.87 bits per heavy atom. The number of carboxylic acids is 1. The lowest BCUT2D eigenvalue weighted by Crippen LogP contribution is -2.51. The molecule has 1 aliphatic heterocycles. The van der Waals surface area contributed by atoms with Gasteiger partial charge in [0.2, 0.25) is 5.43 Å². The van der Waals surface area contributed by atoms with E-state index in [2.05, 4.69) is 15.5 Å². The number of nitrogens with one attached hydrogen (secondary N) is 1. The van der Waals surface area contributed by atoms with Gasteiger partial charge in [-0.15, -0.1) is 0 Å². The van der Waals surface area contributed by atoms with E-state index in [9.17, 15) is 14.7 Å². The molecule has 0 radical (unpaired) electrons. The fourth-order valence-electron chi connectivity index (χ4n) is 3.79. The van der Waals surface area contributed by atoms with Gasteiger partial charge in [0, 0.05) is 31.7 Å². The molecule has 1 saturated carbocycles. The monoisotopic (exact) mass is 417 g/mol. The molecule has 2 N–H and O–H groups in total. The zero-order chi connectivity index (χ0) is 21.4. The molecule has 0 bridgehead atoms. The molecule has 4 rings (SSSR count). The molecular weight excluding hydrogens is 393 g/mol. The van der Waals surface area contributed by atoms with Gasteiger partial charge in [-0.25, -0.2) is 14.2 Å². The summed E-state index contributed by atoms with van der Waals surface area (Å²) in [7, 11) is 1.80. The molecule has 30 heavy (non-hydrogen) atoms. The predicted molar refractivity (Wildman–Crippen MR) is 110 cm³/mol. The van der Waals surface area contributed by atoms with Crippen molar-refractivity contribution in [1.82, 2.24) is 14.9 Å². The van der Waals surface area contributed by atoms with Gasteiger partial charge in [-0.05, 0) is 32.9 Å². The van der Waals surface area contributed by atoms with Crippen molar-refractivity contribution in [3.05, 3.63) is 33.9 Å². The second-order valence-electron chi connectivity index (χ2n) is 7.52. The molecule has 1 atom stereocenters. The maximum Gasteiger partial charge on any atom is 0.341 e. The first kappa shape index (κ1) is 20.3. The van der Waals surface area contributed by atoms with Crippen LogP contribution >= 0.6 is 0 Å². The van der Waals surface area contributed by atoms with Crippen LogP contribution in [-0.2, 0) is 4.84 Å². The van der Waals surface area contributed by atoms with E-state index in [1.54, 1.807) is 11.6 Å². The van der Waals surface area contributed by atoms with Crippen LogP contribution < -0.4 is 15.6 Å². The number of aromatic nitrogens is 2. The molecular formula is C20H24FN5O4. The molecule has 9 nitrogen and oxygen atoms in total. The summed E-state index contributed by atoms with van der Waals surface area (Å²) in [5.41, 5.74) is 0.0926. The minimum absolute atomic E-state index is 0.0103. The molecule has 2 fully saturated rings. The van der Waals surface area contributed by atoms with Gasteiger partial charge >= 0.3 is 5.97 Å². The van der Waals surface area contributed by atoms with Gasteiger partial charge in [-0.2, -0.15) is 0 Å².